The average molecular weight is 229 g/mol. The van der Waals surface area contributed by atoms with Gasteiger partial charge in [0.25, 0.3) is 0 Å². The molecular formula is C15H19NO. The summed E-state index contributed by atoms with van der Waals surface area (Å²) in [6, 6.07) is 3.90. The Bertz CT molecular complexity index is 539. The Kier molecular flexibility index (Phi) is 5.21. The normalized spacial score (nSPS) is 14.7. The third-order valence-electron chi connectivity index (χ3n) is 2.35. The van der Waals surface area contributed by atoms with Crippen LogP contribution in [-0.2, 0) is 0 Å². The summed E-state index contributed by atoms with van der Waals surface area (Å²) in [7, 11) is 0. The molecule has 0 N–H and O–H groups in total. The summed E-state index contributed by atoms with van der Waals surface area (Å²) in [5.74, 6) is 1.42. The summed E-state index contributed by atoms with van der Waals surface area (Å²) in [5, 5.41) is 2.06. The first-order valence-corrected chi connectivity index (χ1v) is 5.81. The maximum absolute atomic E-state index is 5.68. The van der Waals surface area contributed by atoms with E-state index in [2.05, 4.69) is 4.98 Å². The zero-order valence-electron chi connectivity index (χ0n) is 10.9. The van der Waals surface area contributed by atoms with Crippen molar-refractivity contribution in [1.29, 1.82) is 0 Å². The molecule has 90 valence electrons. The standard InChI is InChI=1S/C15H19NO/c1-5-9-13(7-3)17-15-11-10-12(6-2)14(8-4)16-15/h5-11H,1-4H3/b9-5-,12-6-,13-7+,14-8+. The van der Waals surface area contributed by atoms with Crippen molar-refractivity contribution < 1.29 is 4.74 Å². The lowest BCUT2D eigenvalue weighted by Gasteiger charge is -2.04. The zero-order chi connectivity index (χ0) is 12.7. The van der Waals surface area contributed by atoms with Gasteiger partial charge in [0.05, 0.1) is 5.35 Å². The predicted molar refractivity (Wildman–Crippen MR) is 73.0 cm³/mol. The van der Waals surface area contributed by atoms with Gasteiger partial charge in [0.15, 0.2) is 0 Å². The molecule has 2 nitrogen and oxygen atoms in total. The van der Waals surface area contributed by atoms with E-state index in [0.29, 0.717) is 5.88 Å². The van der Waals surface area contributed by atoms with E-state index in [0.717, 1.165) is 16.3 Å². The Hall–Kier alpha value is -1.83. The second-order valence-electron chi connectivity index (χ2n) is 3.49. The first-order valence-electron chi connectivity index (χ1n) is 5.81. The van der Waals surface area contributed by atoms with Crippen LogP contribution < -0.4 is 15.3 Å². The van der Waals surface area contributed by atoms with E-state index in [-0.39, 0.29) is 0 Å². The molecule has 0 saturated heterocycles. The number of pyridine rings is 1. The van der Waals surface area contributed by atoms with E-state index >= 15 is 0 Å². The molecule has 0 spiro atoms. The van der Waals surface area contributed by atoms with Crippen LogP contribution in [0, 0.1) is 0 Å². The summed E-state index contributed by atoms with van der Waals surface area (Å²) in [5.41, 5.74) is 0. The smallest absolute Gasteiger partial charge is 0.219 e. The molecule has 1 aromatic rings. The van der Waals surface area contributed by atoms with Crippen molar-refractivity contribution in [3.8, 4) is 5.88 Å². The molecule has 0 aliphatic carbocycles. The lowest BCUT2D eigenvalue weighted by atomic mass is 10.3. The largest absolute Gasteiger partial charge is 0.439 e. The highest BCUT2D eigenvalue weighted by molar-refractivity contribution is 5.29. The minimum atomic E-state index is 0.620. The number of nitrogens with zero attached hydrogens (tertiary/aromatic N) is 1. The highest BCUT2D eigenvalue weighted by Crippen LogP contribution is 2.07. The van der Waals surface area contributed by atoms with Gasteiger partial charge in [-0.2, -0.15) is 0 Å². The molecule has 0 amide bonds. The van der Waals surface area contributed by atoms with Crippen LogP contribution in [-0.4, -0.2) is 4.98 Å². The first-order chi connectivity index (χ1) is 8.24. The van der Waals surface area contributed by atoms with Crippen LogP contribution in [0.25, 0.3) is 12.2 Å². The molecule has 0 fully saturated rings. The first kappa shape index (κ1) is 13.2. The predicted octanol–water partition coefficient (Wildman–Crippen LogP) is 2.54. The van der Waals surface area contributed by atoms with Crippen LogP contribution in [0.3, 0.4) is 0 Å². The number of aromatic nitrogens is 1. The minimum Gasteiger partial charge on any atom is -0.439 e. The maximum Gasteiger partial charge on any atom is 0.219 e. The Labute approximate surface area is 103 Å². The van der Waals surface area contributed by atoms with Crippen LogP contribution >= 0.6 is 0 Å². The Balaban J connectivity index is 3.11. The molecule has 1 heterocycles. The number of rotatable bonds is 3. The fourth-order valence-electron chi connectivity index (χ4n) is 1.47. The Morgan fingerprint density at radius 1 is 1.12 bits per heavy atom. The quantitative estimate of drug-likeness (QED) is 0.587. The molecule has 2 heteroatoms. The van der Waals surface area contributed by atoms with Gasteiger partial charge in [-0.25, -0.2) is 4.98 Å². The van der Waals surface area contributed by atoms with Gasteiger partial charge < -0.3 is 4.74 Å². The number of hydrogen-bond donors (Lipinski definition) is 0. The molecular weight excluding hydrogens is 210 g/mol. The van der Waals surface area contributed by atoms with E-state index < -0.39 is 0 Å². The molecule has 0 saturated carbocycles. The monoisotopic (exact) mass is 229 g/mol. The van der Waals surface area contributed by atoms with Crippen LogP contribution in [0.15, 0.2) is 36.1 Å². The number of hydrogen-bond acceptors (Lipinski definition) is 2. The summed E-state index contributed by atoms with van der Waals surface area (Å²) in [6.07, 6.45) is 9.78. The van der Waals surface area contributed by atoms with Crippen molar-refractivity contribution in [2.45, 2.75) is 27.7 Å². The molecule has 1 aromatic heterocycles. The Morgan fingerprint density at radius 2 is 1.88 bits per heavy atom. The lowest BCUT2D eigenvalue weighted by molar-refractivity contribution is 0.424. The van der Waals surface area contributed by atoms with Gasteiger partial charge in [0.1, 0.15) is 5.76 Å². The molecule has 0 atom stereocenters. The summed E-state index contributed by atoms with van der Waals surface area (Å²) in [4.78, 5) is 4.45. The van der Waals surface area contributed by atoms with E-state index in [4.69, 9.17) is 4.74 Å². The third kappa shape index (κ3) is 3.59. The highest BCUT2D eigenvalue weighted by Gasteiger charge is 1.97. The summed E-state index contributed by atoms with van der Waals surface area (Å²) >= 11 is 0. The molecule has 0 aromatic carbocycles. The van der Waals surface area contributed by atoms with Gasteiger partial charge in [0.2, 0.25) is 5.88 Å². The van der Waals surface area contributed by atoms with Crippen molar-refractivity contribution in [3.05, 3.63) is 46.7 Å². The minimum absolute atomic E-state index is 0.620. The van der Waals surface area contributed by atoms with Gasteiger partial charge in [0, 0.05) is 6.07 Å². The molecule has 0 bridgehead atoms. The molecule has 0 aliphatic rings. The molecule has 0 unspecified atom stereocenters. The topological polar surface area (TPSA) is 22.1 Å². The number of allylic oxidation sites excluding steroid dienone is 3. The van der Waals surface area contributed by atoms with E-state index in [1.54, 1.807) is 0 Å². The fourth-order valence-corrected chi connectivity index (χ4v) is 1.47. The number of ether oxygens (including phenoxy) is 1. The summed E-state index contributed by atoms with van der Waals surface area (Å²) in [6.45, 7) is 7.88. The van der Waals surface area contributed by atoms with Crippen LogP contribution in [0.1, 0.15) is 27.7 Å². The Morgan fingerprint density at radius 3 is 2.41 bits per heavy atom. The average Bonchev–Trinajstić information content (AvgIpc) is 2.38. The van der Waals surface area contributed by atoms with Gasteiger partial charge in [-0.3, -0.25) is 0 Å². The zero-order valence-corrected chi connectivity index (χ0v) is 10.9. The van der Waals surface area contributed by atoms with E-state index in [9.17, 15) is 0 Å². The van der Waals surface area contributed by atoms with Crippen molar-refractivity contribution in [1.82, 2.24) is 4.98 Å². The van der Waals surface area contributed by atoms with Gasteiger partial charge >= 0.3 is 0 Å². The van der Waals surface area contributed by atoms with Crippen molar-refractivity contribution in [3.63, 3.8) is 0 Å². The van der Waals surface area contributed by atoms with Crippen LogP contribution in [0.5, 0.6) is 5.88 Å². The molecule has 1 rings (SSSR count). The maximum atomic E-state index is 5.68. The van der Waals surface area contributed by atoms with Crippen molar-refractivity contribution in [2.24, 2.45) is 0 Å². The van der Waals surface area contributed by atoms with Gasteiger partial charge in [-0.1, -0.05) is 18.2 Å². The van der Waals surface area contributed by atoms with Crippen molar-refractivity contribution in [2.75, 3.05) is 0 Å². The molecule has 0 aliphatic heterocycles. The van der Waals surface area contributed by atoms with Gasteiger partial charge in [-0.15, -0.1) is 0 Å². The third-order valence-corrected chi connectivity index (χ3v) is 2.35. The second-order valence-corrected chi connectivity index (χ2v) is 3.49. The summed E-state index contributed by atoms with van der Waals surface area (Å²) < 4.78 is 5.68. The fraction of sp³-hybridized carbons (Fsp3) is 0.267. The van der Waals surface area contributed by atoms with Crippen LogP contribution in [0.4, 0.5) is 0 Å². The van der Waals surface area contributed by atoms with E-state index in [1.165, 1.54) is 0 Å². The molecule has 0 radical (unpaired) electrons. The SMILES string of the molecule is C/C=C\C(=C/C)Oc1ccc(=C/C)/c(=C\C)n1. The van der Waals surface area contributed by atoms with Crippen molar-refractivity contribution >= 4 is 12.2 Å². The van der Waals surface area contributed by atoms with Crippen LogP contribution in [0.2, 0.25) is 0 Å². The highest BCUT2D eigenvalue weighted by atomic mass is 16.5. The molecule has 17 heavy (non-hydrogen) atoms. The second kappa shape index (κ2) is 6.69. The lowest BCUT2D eigenvalue weighted by Crippen LogP contribution is -2.27. The van der Waals surface area contributed by atoms with Gasteiger partial charge in [-0.05, 0) is 51.1 Å². The van der Waals surface area contributed by atoms with E-state index in [1.807, 2.05) is 70.2 Å².